The minimum Gasteiger partial charge on any atom is -0.487 e. The molecule has 0 fully saturated rings. The zero-order chi connectivity index (χ0) is 16.4. The standard InChI is InChI=1S/C20H15NO2S/c22-20-16(10-15-3-1-2-4-19(15)20)9-14-5-7-18(8-6-14)23-11-17-12-24-13-21-17/h1-9,12-13H,10-11H2. The van der Waals surface area contributed by atoms with E-state index in [4.69, 9.17) is 4.74 Å². The molecule has 0 atom stereocenters. The molecule has 0 spiro atoms. The van der Waals surface area contributed by atoms with E-state index < -0.39 is 0 Å². The number of thiazole rings is 1. The van der Waals surface area contributed by atoms with Gasteiger partial charge in [-0.15, -0.1) is 11.3 Å². The Morgan fingerprint density at radius 1 is 1.12 bits per heavy atom. The maximum Gasteiger partial charge on any atom is 0.189 e. The number of ether oxygens (including phenoxy) is 1. The van der Waals surface area contributed by atoms with Gasteiger partial charge in [0.2, 0.25) is 0 Å². The van der Waals surface area contributed by atoms with Crippen molar-refractivity contribution < 1.29 is 9.53 Å². The molecule has 1 aliphatic rings. The predicted octanol–water partition coefficient (Wildman–Crippen LogP) is 4.54. The van der Waals surface area contributed by atoms with E-state index >= 15 is 0 Å². The van der Waals surface area contributed by atoms with Gasteiger partial charge in [0.15, 0.2) is 5.78 Å². The summed E-state index contributed by atoms with van der Waals surface area (Å²) in [5.41, 5.74) is 6.51. The molecule has 0 saturated carbocycles. The maximum absolute atomic E-state index is 12.4. The highest BCUT2D eigenvalue weighted by atomic mass is 32.1. The van der Waals surface area contributed by atoms with Crippen LogP contribution in [0.2, 0.25) is 0 Å². The molecule has 1 heterocycles. The van der Waals surface area contributed by atoms with Gasteiger partial charge in [0.1, 0.15) is 12.4 Å². The Balaban J connectivity index is 1.47. The molecule has 4 rings (SSSR count). The molecule has 0 unspecified atom stereocenters. The van der Waals surface area contributed by atoms with Gasteiger partial charge < -0.3 is 4.74 Å². The first-order chi connectivity index (χ1) is 11.8. The van der Waals surface area contributed by atoms with E-state index in [0.717, 1.165) is 33.7 Å². The molecule has 1 aromatic heterocycles. The molecule has 0 saturated heterocycles. The van der Waals surface area contributed by atoms with Crippen LogP contribution in [0.5, 0.6) is 5.75 Å². The summed E-state index contributed by atoms with van der Waals surface area (Å²) in [6, 6.07) is 15.6. The normalized spacial score (nSPS) is 14.8. The number of hydrogen-bond acceptors (Lipinski definition) is 4. The van der Waals surface area contributed by atoms with Gasteiger partial charge in [-0.3, -0.25) is 4.79 Å². The highest BCUT2D eigenvalue weighted by Crippen LogP contribution is 2.27. The molecule has 3 nitrogen and oxygen atoms in total. The zero-order valence-electron chi connectivity index (χ0n) is 12.9. The number of Topliss-reactive ketones (excluding diaryl/α,β-unsaturated/α-hetero) is 1. The molecule has 0 N–H and O–H groups in total. The second-order valence-electron chi connectivity index (χ2n) is 5.67. The van der Waals surface area contributed by atoms with Crippen LogP contribution in [0.25, 0.3) is 6.08 Å². The molecule has 2 aromatic carbocycles. The van der Waals surface area contributed by atoms with E-state index in [1.54, 1.807) is 16.8 Å². The Morgan fingerprint density at radius 2 is 1.96 bits per heavy atom. The third kappa shape index (κ3) is 3.01. The van der Waals surface area contributed by atoms with E-state index in [9.17, 15) is 4.79 Å². The summed E-state index contributed by atoms with van der Waals surface area (Å²) in [5, 5.41) is 1.97. The lowest BCUT2D eigenvalue weighted by atomic mass is 10.1. The van der Waals surface area contributed by atoms with Crippen molar-refractivity contribution in [2.24, 2.45) is 0 Å². The fourth-order valence-corrected chi connectivity index (χ4v) is 3.34. The summed E-state index contributed by atoms with van der Waals surface area (Å²) in [6.45, 7) is 0.470. The summed E-state index contributed by atoms with van der Waals surface area (Å²) in [4.78, 5) is 16.6. The van der Waals surface area contributed by atoms with Crippen LogP contribution in [0.4, 0.5) is 0 Å². The highest BCUT2D eigenvalue weighted by molar-refractivity contribution is 7.07. The van der Waals surface area contributed by atoms with Gasteiger partial charge in [0.05, 0.1) is 11.2 Å². The predicted molar refractivity (Wildman–Crippen MR) is 95.3 cm³/mol. The van der Waals surface area contributed by atoms with Gasteiger partial charge in [-0.25, -0.2) is 4.98 Å². The Kier molecular flexibility index (Phi) is 3.97. The third-order valence-electron chi connectivity index (χ3n) is 4.03. The minimum absolute atomic E-state index is 0.134. The lowest BCUT2D eigenvalue weighted by Crippen LogP contribution is -1.96. The minimum atomic E-state index is 0.134. The van der Waals surface area contributed by atoms with Gasteiger partial charge in [-0.05, 0) is 29.3 Å². The molecule has 0 radical (unpaired) electrons. The van der Waals surface area contributed by atoms with Crippen LogP contribution >= 0.6 is 11.3 Å². The molecule has 0 bridgehead atoms. The van der Waals surface area contributed by atoms with Crippen LogP contribution in [0.3, 0.4) is 0 Å². The van der Waals surface area contributed by atoms with Crippen LogP contribution in [-0.2, 0) is 13.0 Å². The Bertz CT molecular complexity index is 896. The SMILES string of the molecule is O=C1C(=Cc2ccc(OCc3cscn3)cc2)Cc2ccccc21. The zero-order valence-corrected chi connectivity index (χ0v) is 13.8. The van der Waals surface area contributed by atoms with Gasteiger partial charge >= 0.3 is 0 Å². The Hall–Kier alpha value is -2.72. The van der Waals surface area contributed by atoms with E-state index in [-0.39, 0.29) is 5.78 Å². The monoisotopic (exact) mass is 333 g/mol. The van der Waals surface area contributed by atoms with Crippen molar-refractivity contribution >= 4 is 23.2 Å². The molecule has 4 heteroatoms. The summed E-state index contributed by atoms with van der Waals surface area (Å²) >= 11 is 1.56. The van der Waals surface area contributed by atoms with Gasteiger partial charge in [-0.1, -0.05) is 36.4 Å². The van der Waals surface area contributed by atoms with E-state index in [1.807, 2.05) is 60.0 Å². The Morgan fingerprint density at radius 3 is 2.71 bits per heavy atom. The molecular formula is C20H15NO2S. The third-order valence-corrected chi connectivity index (χ3v) is 4.66. The molecule has 118 valence electrons. The number of nitrogens with zero attached hydrogens (tertiary/aromatic N) is 1. The number of carbonyl (C=O) groups is 1. The van der Waals surface area contributed by atoms with Crippen molar-refractivity contribution in [1.82, 2.24) is 4.98 Å². The molecule has 0 aliphatic heterocycles. The van der Waals surface area contributed by atoms with E-state index in [1.165, 1.54) is 0 Å². The fraction of sp³-hybridized carbons (Fsp3) is 0.100. The van der Waals surface area contributed by atoms with Crippen molar-refractivity contribution in [3.8, 4) is 5.75 Å². The molecule has 24 heavy (non-hydrogen) atoms. The summed E-state index contributed by atoms with van der Waals surface area (Å²) < 4.78 is 5.70. The quantitative estimate of drug-likeness (QED) is 0.658. The average molecular weight is 333 g/mol. The first-order valence-electron chi connectivity index (χ1n) is 7.73. The van der Waals surface area contributed by atoms with Crippen molar-refractivity contribution in [3.05, 3.63) is 87.4 Å². The van der Waals surface area contributed by atoms with Crippen molar-refractivity contribution in [1.29, 1.82) is 0 Å². The van der Waals surface area contributed by atoms with E-state index in [2.05, 4.69) is 4.98 Å². The second-order valence-corrected chi connectivity index (χ2v) is 6.39. The Labute approximate surface area is 144 Å². The number of ketones is 1. The van der Waals surface area contributed by atoms with Crippen molar-refractivity contribution in [2.75, 3.05) is 0 Å². The molecule has 0 amide bonds. The topological polar surface area (TPSA) is 39.2 Å². The smallest absolute Gasteiger partial charge is 0.189 e. The maximum atomic E-state index is 12.4. The number of fused-ring (bicyclic) bond motifs is 1. The lowest BCUT2D eigenvalue weighted by molar-refractivity contribution is 0.104. The molecule has 1 aliphatic carbocycles. The lowest BCUT2D eigenvalue weighted by Gasteiger charge is -2.04. The highest BCUT2D eigenvalue weighted by Gasteiger charge is 2.23. The number of rotatable bonds is 4. The number of aromatic nitrogens is 1. The summed E-state index contributed by atoms with van der Waals surface area (Å²) in [7, 11) is 0. The van der Waals surface area contributed by atoms with E-state index in [0.29, 0.717) is 13.0 Å². The van der Waals surface area contributed by atoms with Crippen LogP contribution < -0.4 is 4.74 Å². The van der Waals surface area contributed by atoms with Crippen LogP contribution in [0, 0.1) is 0 Å². The number of allylic oxidation sites excluding steroid dienone is 1. The number of benzene rings is 2. The van der Waals surface area contributed by atoms with Crippen molar-refractivity contribution in [3.63, 3.8) is 0 Å². The summed E-state index contributed by atoms with van der Waals surface area (Å²) in [6.07, 6.45) is 2.67. The fourth-order valence-electron chi connectivity index (χ4n) is 2.80. The molecule has 3 aromatic rings. The first-order valence-corrected chi connectivity index (χ1v) is 8.67. The molecular weight excluding hydrogens is 318 g/mol. The second kappa shape index (κ2) is 6.42. The van der Waals surface area contributed by atoms with Crippen LogP contribution in [0.1, 0.15) is 27.2 Å². The van der Waals surface area contributed by atoms with Gasteiger partial charge in [0.25, 0.3) is 0 Å². The van der Waals surface area contributed by atoms with Gasteiger partial charge in [-0.2, -0.15) is 0 Å². The van der Waals surface area contributed by atoms with Crippen LogP contribution in [-0.4, -0.2) is 10.8 Å². The number of carbonyl (C=O) groups excluding carboxylic acids is 1. The summed E-state index contributed by atoms with van der Waals surface area (Å²) in [5.74, 6) is 0.931. The largest absolute Gasteiger partial charge is 0.487 e. The first kappa shape index (κ1) is 14.8. The van der Waals surface area contributed by atoms with Crippen molar-refractivity contribution in [2.45, 2.75) is 13.0 Å². The average Bonchev–Trinajstić information content (AvgIpc) is 3.24. The van der Waals surface area contributed by atoms with Crippen LogP contribution in [0.15, 0.2) is 65.0 Å². The van der Waals surface area contributed by atoms with Gasteiger partial charge in [0, 0.05) is 22.9 Å². The number of hydrogen-bond donors (Lipinski definition) is 0.